The molecule has 1 atom stereocenters. The first-order valence-corrected chi connectivity index (χ1v) is 5.20. The fraction of sp³-hybridized carbons (Fsp3) is 0.818. The van der Waals surface area contributed by atoms with Gasteiger partial charge >= 0.3 is 0 Å². The van der Waals surface area contributed by atoms with Gasteiger partial charge in [0.05, 0.1) is 0 Å². The van der Waals surface area contributed by atoms with Crippen LogP contribution in [0.2, 0.25) is 0 Å². The van der Waals surface area contributed by atoms with Crippen LogP contribution in [0.3, 0.4) is 0 Å². The highest BCUT2D eigenvalue weighted by Gasteiger charge is 2.50. The van der Waals surface area contributed by atoms with Gasteiger partial charge in [0.2, 0.25) is 5.78 Å². The molecule has 0 amide bonds. The number of rotatable bonds is 3. The molecule has 0 aromatic heterocycles. The Morgan fingerprint density at radius 1 is 1.23 bits per heavy atom. The Bertz CT molecular complexity index is 226. The lowest BCUT2D eigenvalue weighted by atomic mass is 9.72. The van der Waals surface area contributed by atoms with Crippen molar-refractivity contribution < 1.29 is 9.59 Å². The molecule has 1 fully saturated rings. The Kier molecular flexibility index (Phi) is 2.89. The first kappa shape index (κ1) is 10.4. The van der Waals surface area contributed by atoms with Crippen LogP contribution in [0.1, 0.15) is 46.5 Å². The van der Waals surface area contributed by atoms with Crippen molar-refractivity contribution in [3.8, 4) is 0 Å². The number of Topliss-reactive ketones (excluding diaryl/α,β-unsaturated/α-hetero) is 2. The van der Waals surface area contributed by atoms with Gasteiger partial charge in [0.15, 0.2) is 5.78 Å². The van der Waals surface area contributed by atoms with E-state index in [2.05, 4.69) is 6.92 Å². The Labute approximate surface area is 79.7 Å². The normalized spacial score (nSPS) is 26.8. The van der Waals surface area contributed by atoms with E-state index in [-0.39, 0.29) is 17.0 Å². The quantitative estimate of drug-likeness (QED) is 0.628. The van der Waals surface area contributed by atoms with Gasteiger partial charge in [-0.1, -0.05) is 27.2 Å². The lowest BCUT2D eigenvalue weighted by Gasteiger charge is -2.30. The second-order valence-electron chi connectivity index (χ2n) is 3.92. The molecule has 1 aliphatic carbocycles. The maximum Gasteiger partial charge on any atom is 0.204 e. The van der Waals surface area contributed by atoms with E-state index < -0.39 is 0 Å². The summed E-state index contributed by atoms with van der Waals surface area (Å²) < 4.78 is 0. The third kappa shape index (κ3) is 1.32. The number of hydrogen-bond acceptors (Lipinski definition) is 2. The number of carbonyl (C=O) groups excluding carboxylic acids is 2. The van der Waals surface area contributed by atoms with E-state index in [1.165, 1.54) is 0 Å². The summed E-state index contributed by atoms with van der Waals surface area (Å²) in [5.74, 6) is 0.0439. The zero-order valence-corrected chi connectivity index (χ0v) is 8.72. The molecular weight excluding hydrogens is 164 g/mol. The summed E-state index contributed by atoms with van der Waals surface area (Å²) >= 11 is 0. The van der Waals surface area contributed by atoms with Crippen LogP contribution in [-0.4, -0.2) is 11.6 Å². The Morgan fingerprint density at radius 2 is 1.77 bits per heavy atom. The van der Waals surface area contributed by atoms with E-state index >= 15 is 0 Å². The minimum absolute atomic E-state index is 0.107. The van der Waals surface area contributed by atoms with Crippen molar-refractivity contribution in [2.24, 2.45) is 11.3 Å². The standard InChI is InChI=1S/C11H18O2/c1-4-8-7-9(12)10(13)11(8,5-2)6-3/h8H,4-7H2,1-3H3. The largest absolute Gasteiger partial charge is 0.291 e. The summed E-state index contributed by atoms with van der Waals surface area (Å²) in [5, 5.41) is 0. The van der Waals surface area contributed by atoms with Crippen LogP contribution < -0.4 is 0 Å². The highest BCUT2D eigenvalue weighted by molar-refractivity contribution is 6.41. The van der Waals surface area contributed by atoms with E-state index in [0.717, 1.165) is 19.3 Å². The van der Waals surface area contributed by atoms with Gasteiger partial charge < -0.3 is 0 Å². The molecule has 0 spiro atoms. The van der Waals surface area contributed by atoms with Crippen LogP contribution >= 0.6 is 0 Å². The van der Waals surface area contributed by atoms with Gasteiger partial charge in [-0.15, -0.1) is 0 Å². The van der Waals surface area contributed by atoms with Crippen LogP contribution in [0.15, 0.2) is 0 Å². The molecule has 0 radical (unpaired) electrons. The molecule has 1 rings (SSSR count). The van der Waals surface area contributed by atoms with Crippen molar-refractivity contribution in [3.63, 3.8) is 0 Å². The van der Waals surface area contributed by atoms with Crippen LogP contribution in [0.25, 0.3) is 0 Å². The highest BCUT2D eigenvalue weighted by atomic mass is 16.2. The summed E-state index contributed by atoms with van der Waals surface area (Å²) in [6.07, 6.45) is 3.05. The van der Waals surface area contributed by atoms with E-state index in [0.29, 0.717) is 12.3 Å². The number of hydrogen-bond donors (Lipinski definition) is 0. The molecule has 74 valence electrons. The van der Waals surface area contributed by atoms with E-state index in [1.807, 2.05) is 13.8 Å². The Balaban J connectivity index is 3.02. The van der Waals surface area contributed by atoms with Gasteiger partial charge in [-0.25, -0.2) is 0 Å². The third-order valence-corrected chi connectivity index (χ3v) is 3.67. The highest BCUT2D eigenvalue weighted by Crippen LogP contribution is 2.45. The molecule has 0 bridgehead atoms. The topological polar surface area (TPSA) is 34.1 Å². The summed E-state index contributed by atoms with van der Waals surface area (Å²) in [6, 6.07) is 0. The molecule has 0 aromatic carbocycles. The van der Waals surface area contributed by atoms with Gasteiger partial charge in [0.1, 0.15) is 0 Å². The van der Waals surface area contributed by atoms with E-state index in [4.69, 9.17) is 0 Å². The van der Waals surface area contributed by atoms with E-state index in [9.17, 15) is 9.59 Å². The van der Waals surface area contributed by atoms with Gasteiger partial charge in [0, 0.05) is 11.8 Å². The molecule has 2 nitrogen and oxygen atoms in total. The molecule has 0 aromatic rings. The zero-order chi connectivity index (χ0) is 10.1. The predicted molar refractivity (Wildman–Crippen MR) is 51.4 cm³/mol. The minimum Gasteiger partial charge on any atom is -0.291 e. The number of ketones is 2. The van der Waals surface area contributed by atoms with Gasteiger partial charge in [0.25, 0.3) is 0 Å². The number of carbonyl (C=O) groups is 2. The van der Waals surface area contributed by atoms with Crippen LogP contribution in [0.5, 0.6) is 0 Å². The van der Waals surface area contributed by atoms with Crippen LogP contribution in [0, 0.1) is 11.3 Å². The van der Waals surface area contributed by atoms with Crippen molar-refractivity contribution >= 4 is 11.6 Å². The fourth-order valence-corrected chi connectivity index (χ4v) is 2.66. The van der Waals surface area contributed by atoms with Gasteiger partial charge in [-0.2, -0.15) is 0 Å². The monoisotopic (exact) mass is 182 g/mol. The van der Waals surface area contributed by atoms with Crippen molar-refractivity contribution in [1.29, 1.82) is 0 Å². The molecule has 1 saturated carbocycles. The summed E-state index contributed by atoms with van der Waals surface area (Å²) in [7, 11) is 0. The maximum atomic E-state index is 11.7. The molecule has 2 heteroatoms. The average Bonchev–Trinajstić information content (AvgIpc) is 2.40. The predicted octanol–water partition coefficient (Wildman–Crippen LogP) is 2.36. The van der Waals surface area contributed by atoms with Crippen LogP contribution in [0.4, 0.5) is 0 Å². The summed E-state index contributed by atoms with van der Waals surface area (Å²) in [6.45, 7) is 6.10. The fourth-order valence-electron chi connectivity index (χ4n) is 2.66. The third-order valence-electron chi connectivity index (χ3n) is 3.67. The average molecular weight is 182 g/mol. The second-order valence-corrected chi connectivity index (χ2v) is 3.92. The molecule has 1 unspecified atom stereocenters. The summed E-state index contributed by atoms with van der Waals surface area (Å²) in [5.41, 5.74) is -0.314. The molecule has 0 saturated heterocycles. The molecule has 1 aliphatic rings. The van der Waals surface area contributed by atoms with Crippen molar-refractivity contribution in [2.75, 3.05) is 0 Å². The molecule has 0 heterocycles. The first-order chi connectivity index (χ1) is 6.12. The molecular formula is C11H18O2. The second kappa shape index (κ2) is 3.60. The maximum absolute atomic E-state index is 11.7. The summed E-state index contributed by atoms with van der Waals surface area (Å²) in [4.78, 5) is 23.0. The zero-order valence-electron chi connectivity index (χ0n) is 8.72. The Morgan fingerprint density at radius 3 is 2.08 bits per heavy atom. The van der Waals surface area contributed by atoms with Crippen molar-refractivity contribution in [1.82, 2.24) is 0 Å². The first-order valence-electron chi connectivity index (χ1n) is 5.20. The lowest BCUT2D eigenvalue weighted by molar-refractivity contribution is -0.139. The molecule has 13 heavy (non-hydrogen) atoms. The van der Waals surface area contributed by atoms with E-state index in [1.54, 1.807) is 0 Å². The Hall–Kier alpha value is -0.660. The minimum atomic E-state index is -0.314. The van der Waals surface area contributed by atoms with Crippen molar-refractivity contribution in [3.05, 3.63) is 0 Å². The SMILES string of the molecule is CCC1CC(=O)C(=O)C1(CC)CC. The smallest absolute Gasteiger partial charge is 0.204 e. The lowest BCUT2D eigenvalue weighted by Crippen LogP contribution is -2.32. The van der Waals surface area contributed by atoms with Gasteiger partial charge in [-0.05, 0) is 18.8 Å². The van der Waals surface area contributed by atoms with Crippen LogP contribution in [-0.2, 0) is 9.59 Å². The molecule has 0 aliphatic heterocycles. The van der Waals surface area contributed by atoms with Gasteiger partial charge in [-0.3, -0.25) is 9.59 Å². The van der Waals surface area contributed by atoms with Crippen molar-refractivity contribution in [2.45, 2.75) is 46.5 Å². The molecule has 0 N–H and O–H groups in total.